The molecular formula is C28H33FN6O3. The zero-order valence-electron chi connectivity index (χ0n) is 22.1. The molecule has 0 bridgehead atoms. The molecule has 0 aliphatic heterocycles. The summed E-state index contributed by atoms with van der Waals surface area (Å²) in [6.07, 6.45) is 7.12. The van der Waals surface area contributed by atoms with Crippen LogP contribution in [0, 0.1) is 42.8 Å². The minimum absolute atomic E-state index is 0.0143. The van der Waals surface area contributed by atoms with Crippen LogP contribution < -0.4 is 15.4 Å². The Labute approximate surface area is 221 Å². The van der Waals surface area contributed by atoms with Gasteiger partial charge in [-0.15, -0.1) is 0 Å². The summed E-state index contributed by atoms with van der Waals surface area (Å²) in [5, 5.41) is 22.1. The first kappa shape index (κ1) is 25.8. The average molecular weight is 521 g/mol. The number of pyridine rings is 2. The first-order valence-electron chi connectivity index (χ1n) is 13.2. The van der Waals surface area contributed by atoms with Crippen molar-refractivity contribution in [2.24, 2.45) is 17.8 Å². The van der Waals surface area contributed by atoms with Gasteiger partial charge in [-0.05, 0) is 88.5 Å². The molecule has 0 spiro atoms. The van der Waals surface area contributed by atoms with Crippen molar-refractivity contribution >= 4 is 17.6 Å². The molecule has 3 aromatic rings. The SMILES string of the molecule is Cc1cc(-c2ccc(NC(=O)C(NC(=O)c3ccnn3C(C)C)C(C3CC3)C3CC3)nc2F)c(C)[n+]([O-])c1. The van der Waals surface area contributed by atoms with Crippen molar-refractivity contribution in [3.05, 3.63) is 64.8 Å². The number of aromatic nitrogens is 4. The van der Waals surface area contributed by atoms with Crippen LogP contribution in [0.4, 0.5) is 10.2 Å². The lowest BCUT2D eigenvalue weighted by Gasteiger charge is -2.27. The van der Waals surface area contributed by atoms with E-state index in [2.05, 4.69) is 20.7 Å². The van der Waals surface area contributed by atoms with E-state index in [1.54, 1.807) is 36.9 Å². The van der Waals surface area contributed by atoms with E-state index >= 15 is 4.39 Å². The van der Waals surface area contributed by atoms with E-state index in [-0.39, 0.29) is 29.2 Å². The van der Waals surface area contributed by atoms with Gasteiger partial charge in [-0.25, -0.2) is 4.98 Å². The summed E-state index contributed by atoms with van der Waals surface area (Å²) in [6.45, 7) is 7.25. The third-order valence-electron chi connectivity index (χ3n) is 7.48. The molecular weight excluding hydrogens is 487 g/mol. The Balaban J connectivity index is 1.40. The van der Waals surface area contributed by atoms with Crippen molar-refractivity contribution in [3.63, 3.8) is 0 Å². The fourth-order valence-corrected chi connectivity index (χ4v) is 5.30. The molecule has 0 saturated heterocycles. The Kier molecular flexibility index (Phi) is 6.90. The third-order valence-corrected chi connectivity index (χ3v) is 7.48. The molecule has 9 nitrogen and oxygen atoms in total. The van der Waals surface area contributed by atoms with Gasteiger partial charge in [0.15, 0.2) is 11.9 Å². The lowest BCUT2D eigenvalue weighted by molar-refractivity contribution is -0.612. The number of halogens is 1. The normalized spacial score (nSPS) is 16.1. The Hall–Kier alpha value is -3.82. The smallest absolute Gasteiger partial charge is 0.270 e. The molecule has 200 valence electrons. The Morgan fingerprint density at radius 2 is 1.79 bits per heavy atom. The number of hydrogen-bond acceptors (Lipinski definition) is 5. The van der Waals surface area contributed by atoms with Crippen LogP contribution in [-0.4, -0.2) is 32.6 Å². The molecule has 0 aromatic carbocycles. The minimum Gasteiger partial charge on any atom is -0.618 e. The van der Waals surface area contributed by atoms with Gasteiger partial charge in [-0.2, -0.15) is 14.2 Å². The molecule has 2 N–H and O–H groups in total. The van der Waals surface area contributed by atoms with Gasteiger partial charge in [-0.3, -0.25) is 14.3 Å². The standard InChI is InChI=1S/C28H33FN6O3/c1-15(2)35-22(11-12-30-35)27(36)33-25(24(18-5-6-18)19-7-8-19)28(37)32-23-10-9-20(26(29)31-23)21-13-16(3)14-34(38)17(21)4/h9-15,18-19,24-25H,5-8H2,1-4H3,(H,33,36)(H,31,32,37). The summed E-state index contributed by atoms with van der Waals surface area (Å²) in [5.74, 6) is -0.750. The molecule has 38 heavy (non-hydrogen) atoms. The number of nitrogens with zero attached hydrogens (tertiary/aromatic N) is 4. The molecule has 3 heterocycles. The molecule has 2 aliphatic rings. The maximum Gasteiger partial charge on any atom is 0.270 e. The molecule has 10 heteroatoms. The third kappa shape index (κ3) is 5.25. The molecule has 2 aliphatic carbocycles. The number of carbonyl (C=O) groups excluding carboxylic acids is 2. The van der Waals surface area contributed by atoms with Crippen molar-refractivity contribution in [3.8, 4) is 11.1 Å². The van der Waals surface area contributed by atoms with Gasteiger partial charge in [0.05, 0.1) is 5.56 Å². The minimum atomic E-state index is -0.793. The van der Waals surface area contributed by atoms with E-state index in [9.17, 15) is 14.8 Å². The van der Waals surface area contributed by atoms with E-state index < -0.39 is 17.9 Å². The summed E-state index contributed by atoms with van der Waals surface area (Å²) in [4.78, 5) is 30.9. The van der Waals surface area contributed by atoms with Gasteiger partial charge >= 0.3 is 0 Å². The Bertz CT molecular complexity index is 1370. The molecule has 1 atom stereocenters. The van der Waals surface area contributed by atoms with E-state index in [4.69, 9.17) is 0 Å². The van der Waals surface area contributed by atoms with E-state index in [1.807, 2.05) is 13.8 Å². The summed E-state index contributed by atoms with van der Waals surface area (Å²) in [5.41, 5.74) is 2.06. The Morgan fingerprint density at radius 1 is 1.11 bits per heavy atom. The molecule has 5 rings (SSSR count). The maximum absolute atomic E-state index is 15.1. The summed E-state index contributed by atoms with van der Waals surface area (Å²) in [7, 11) is 0. The number of carbonyl (C=O) groups is 2. The van der Waals surface area contributed by atoms with Crippen LogP contribution in [0.2, 0.25) is 0 Å². The molecule has 2 amide bonds. The maximum atomic E-state index is 15.1. The quantitative estimate of drug-likeness (QED) is 0.251. The first-order valence-corrected chi connectivity index (χ1v) is 13.2. The van der Waals surface area contributed by atoms with Crippen LogP contribution in [0.1, 0.15) is 67.3 Å². The lowest BCUT2D eigenvalue weighted by Crippen LogP contribution is -2.50. The number of amides is 2. The number of nitrogens with one attached hydrogen (secondary N) is 2. The first-order chi connectivity index (χ1) is 18.1. The molecule has 2 saturated carbocycles. The summed E-state index contributed by atoms with van der Waals surface area (Å²) >= 11 is 0. The van der Waals surface area contributed by atoms with Crippen LogP contribution in [0.5, 0.6) is 0 Å². The van der Waals surface area contributed by atoms with Crippen LogP contribution in [0.15, 0.2) is 36.7 Å². The highest BCUT2D eigenvalue weighted by molar-refractivity contribution is 6.00. The van der Waals surface area contributed by atoms with Crippen LogP contribution in [0.25, 0.3) is 11.1 Å². The predicted molar refractivity (Wildman–Crippen MR) is 139 cm³/mol. The Morgan fingerprint density at radius 3 is 2.39 bits per heavy atom. The topological polar surface area (TPSA) is 116 Å². The number of rotatable bonds is 9. The zero-order valence-corrected chi connectivity index (χ0v) is 22.1. The molecule has 0 radical (unpaired) electrons. The molecule has 1 unspecified atom stereocenters. The van der Waals surface area contributed by atoms with E-state index in [0.29, 0.717) is 39.1 Å². The van der Waals surface area contributed by atoms with Crippen LogP contribution in [0.3, 0.4) is 0 Å². The van der Waals surface area contributed by atoms with Crippen molar-refractivity contribution in [1.82, 2.24) is 20.1 Å². The predicted octanol–water partition coefficient (Wildman–Crippen LogP) is 4.09. The van der Waals surface area contributed by atoms with Crippen molar-refractivity contribution in [2.45, 2.75) is 65.5 Å². The molecule has 2 fully saturated rings. The summed E-state index contributed by atoms with van der Waals surface area (Å²) in [6, 6.07) is 5.60. The van der Waals surface area contributed by atoms with E-state index in [1.165, 1.54) is 18.3 Å². The van der Waals surface area contributed by atoms with Crippen LogP contribution in [-0.2, 0) is 4.79 Å². The van der Waals surface area contributed by atoms with Crippen molar-refractivity contribution < 1.29 is 18.7 Å². The second kappa shape index (κ2) is 10.2. The fraction of sp³-hybridized carbons (Fsp3) is 0.464. The second-order valence-electron chi connectivity index (χ2n) is 10.8. The summed E-state index contributed by atoms with van der Waals surface area (Å²) < 4.78 is 17.5. The zero-order chi connectivity index (χ0) is 27.1. The highest BCUT2D eigenvalue weighted by Gasteiger charge is 2.48. The van der Waals surface area contributed by atoms with Gasteiger partial charge in [0.1, 0.15) is 17.6 Å². The number of anilines is 1. The van der Waals surface area contributed by atoms with Gasteiger partial charge in [0, 0.05) is 30.3 Å². The lowest BCUT2D eigenvalue weighted by atomic mass is 9.88. The van der Waals surface area contributed by atoms with Crippen molar-refractivity contribution in [1.29, 1.82) is 0 Å². The van der Waals surface area contributed by atoms with Crippen LogP contribution >= 0.6 is 0 Å². The highest BCUT2D eigenvalue weighted by atomic mass is 19.1. The second-order valence-corrected chi connectivity index (χ2v) is 10.8. The number of aryl methyl sites for hydroxylation is 1. The van der Waals surface area contributed by atoms with Gasteiger partial charge in [0.2, 0.25) is 11.9 Å². The monoisotopic (exact) mass is 520 g/mol. The van der Waals surface area contributed by atoms with Gasteiger partial charge in [-0.1, -0.05) is 0 Å². The fourth-order valence-electron chi connectivity index (χ4n) is 5.30. The van der Waals surface area contributed by atoms with Crippen molar-refractivity contribution in [2.75, 3.05) is 5.32 Å². The highest BCUT2D eigenvalue weighted by Crippen LogP contribution is 2.51. The number of hydrogen-bond donors (Lipinski definition) is 2. The molecule has 3 aromatic heterocycles. The van der Waals surface area contributed by atoms with Gasteiger partial charge in [0.25, 0.3) is 5.91 Å². The van der Waals surface area contributed by atoms with E-state index in [0.717, 1.165) is 25.7 Å². The average Bonchev–Trinajstić information content (AvgIpc) is 3.80. The largest absolute Gasteiger partial charge is 0.618 e. The van der Waals surface area contributed by atoms with Gasteiger partial charge < -0.3 is 15.8 Å².